The van der Waals surface area contributed by atoms with Crippen LogP contribution in [0.25, 0.3) is 0 Å². The summed E-state index contributed by atoms with van der Waals surface area (Å²) in [4.78, 5) is 21.6. The Morgan fingerprint density at radius 2 is 2.26 bits per heavy atom. The Hall–Kier alpha value is -0.980. The van der Waals surface area contributed by atoms with Crippen molar-refractivity contribution in [3.63, 3.8) is 0 Å². The predicted molar refractivity (Wildman–Crippen MR) is 91.9 cm³/mol. The molecule has 0 aromatic carbocycles. The third-order valence-corrected chi connectivity index (χ3v) is 6.68. The number of hydrogen-bond donors (Lipinski definition) is 1. The van der Waals surface area contributed by atoms with E-state index in [1.54, 1.807) is 11.3 Å². The van der Waals surface area contributed by atoms with E-state index < -0.39 is 0 Å². The van der Waals surface area contributed by atoms with Crippen molar-refractivity contribution in [1.29, 1.82) is 0 Å². The zero-order valence-corrected chi connectivity index (χ0v) is 15.1. The summed E-state index contributed by atoms with van der Waals surface area (Å²) < 4.78 is 0. The minimum atomic E-state index is -0.0328. The van der Waals surface area contributed by atoms with E-state index in [9.17, 15) is 9.90 Å². The number of rotatable bonds is 3. The third kappa shape index (κ3) is 3.04. The van der Waals surface area contributed by atoms with Crippen molar-refractivity contribution in [2.45, 2.75) is 45.1 Å². The van der Waals surface area contributed by atoms with Crippen molar-refractivity contribution in [3.05, 3.63) is 16.1 Å². The number of aromatic nitrogens is 1. The number of hydrogen-bond acceptors (Lipinski definition) is 5. The zero-order valence-electron chi connectivity index (χ0n) is 14.3. The zero-order chi connectivity index (χ0) is 16.6. The lowest BCUT2D eigenvalue weighted by Crippen LogP contribution is -2.62. The highest BCUT2D eigenvalue weighted by molar-refractivity contribution is 7.09. The second-order valence-electron chi connectivity index (χ2n) is 7.35. The lowest BCUT2D eigenvalue weighted by molar-refractivity contribution is -0.0602. The first kappa shape index (κ1) is 16.9. The molecule has 3 heterocycles. The molecule has 2 fully saturated rings. The molecule has 23 heavy (non-hydrogen) atoms. The van der Waals surface area contributed by atoms with Gasteiger partial charge in [-0.3, -0.25) is 4.79 Å². The van der Waals surface area contributed by atoms with E-state index in [0.717, 1.165) is 37.4 Å². The highest BCUT2D eigenvalue weighted by atomic mass is 32.1. The lowest BCUT2D eigenvalue weighted by atomic mass is 9.69. The van der Waals surface area contributed by atoms with Crippen LogP contribution in [-0.2, 0) is 0 Å². The van der Waals surface area contributed by atoms with Gasteiger partial charge in [0.25, 0.3) is 5.91 Å². The molecule has 6 heteroatoms. The van der Waals surface area contributed by atoms with Crippen LogP contribution in [0.2, 0.25) is 0 Å². The first-order chi connectivity index (χ1) is 11.0. The van der Waals surface area contributed by atoms with Crippen LogP contribution in [0.1, 0.15) is 54.5 Å². The summed E-state index contributed by atoms with van der Waals surface area (Å²) in [5, 5.41) is 12.9. The molecule has 0 aliphatic carbocycles. The number of thiazole rings is 1. The Morgan fingerprint density at radius 3 is 2.91 bits per heavy atom. The van der Waals surface area contributed by atoms with Crippen LogP contribution >= 0.6 is 11.3 Å². The van der Waals surface area contributed by atoms with Crippen molar-refractivity contribution >= 4 is 17.2 Å². The van der Waals surface area contributed by atoms with Crippen molar-refractivity contribution in [2.75, 3.05) is 33.3 Å². The van der Waals surface area contributed by atoms with E-state index >= 15 is 0 Å². The number of nitrogens with zero attached hydrogens (tertiary/aromatic N) is 3. The van der Waals surface area contributed by atoms with Crippen molar-refractivity contribution in [2.24, 2.45) is 5.41 Å². The molecule has 1 amide bonds. The average Bonchev–Trinajstić information content (AvgIpc) is 3.04. The van der Waals surface area contributed by atoms with Crippen LogP contribution in [0.3, 0.4) is 0 Å². The van der Waals surface area contributed by atoms with Gasteiger partial charge in [-0.1, -0.05) is 13.8 Å². The van der Waals surface area contributed by atoms with E-state index in [1.807, 2.05) is 10.3 Å². The van der Waals surface area contributed by atoms with Gasteiger partial charge in [0, 0.05) is 35.8 Å². The van der Waals surface area contributed by atoms with Gasteiger partial charge < -0.3 is 14.9 Å². The van der Waals surface area contributed by atoms with E-state index in [1.165, 1.54) is 0 Å². The van der Waals surface area contributed by atoms with Crippen LogP contribution in [0, 0.1) is 5.41 Å². The summed E-state index contributed by atoms with van der Waals surface area (Å²) in [5.41, 5.74) is 0.545. The fourth-order valence-corrected chi connectivity index (χ4v) is 4.82. The lowest BCUT2D eigenvalue weighted by Gasteiger charge is -2.53. The van der Waals surface area contributed by atoms with Gasteiger partial charge in [-0.2, -0.15) is 0 Å². The average molecular weight is 337 g/mol. The molecule has 0 spiro atoms. The van der Waals surface area contributed by atoms with Crippen molar-refractivity contribution < 1.29 is 9.90 Å². The Labute approximate surface area is 142 Å². The number of aliphatic hydroxyl groups is 1. The molecule has 2 saturated heterocycles. The van der Waals surface area contributed by atoms with Crippen molar-refractivity contribution in [1.82, 2.24) is 14.8 Å². The molecule has 0 bridgehead atoms. The standard InChI is InChI=1S/C17H27N3O2S/c1-12(2)15-18-13(10-23-15)16(22)20-8-6-17(11-21)5-4-7-19(3)14(17)9-20/h10,12,14,21H,4-9,11H2,1-3H3/t14-,17-/m1/s1. The summed E-state index contributed by atoms with van der Waals surface area (Å²) in [6.45, 7) is 6.88. The van der Waals surface area contributed by atoms with Crippen LogP contribution in [0.5, 0.6) is 0 Å². The molecule has 0 radical (unpaired) electrons. The van der Waals surface area contributed by atoms with Gasteiger partial charge in [-0.25, -0.2) is 4.98 Å². The number of likely N-dealkylation sites (N-methyl/N-ethyl adjacent to an activating group) is 1. The van der Waals surface area contributed by atoms with Crippen LogP contribution in [0.15, 0.2) is 5.38 Å². The largest absolute Gasteiger partial charge is 0.396 e. The van der Waals surface area contributed by atoms with E-state index in [-0.39, 0.29) is 24.0 Å². The van der Waals surface area contributed by atoms with Gasteiger partial charge in [0.15, 0.2) is 0 Å². The monoisotopic (exact) mass is 337 g/mol. The first-order valence-corrected chi connectivity index (χ1v) is 9.40. The summed E-state index contributed by atoms with van der Waals surface area (Å²) in [6.07, 6.45) is 3.07. The van der Waals surface area contributed by atoms with E-state index in [4.69, 9.17) is 0 Å². The minimum absolute atomic E-state index is 0.0328. The summed E-state index contributed by atoms with van der Waals surface area (Å²) in [5.74, 6) is 0.396. The fourth-order valence-electron chi connectivity index (χ4n) is 4.01. The Balaban J connectivity index is 1.76. The van der Waals surface area contributed by atoms with Gasteiger partial charge in [0.2, 0.25) is 0 Å². The molecule has 5 nitrogen and oxygen atoms in total. The molecule has 128 valence electrons. The Bertz CT molecular complexity index is 574. The maximum absolute atomic E-state index is 12.8. The maximum Gasteiger partial charge on any atom is 0.273 e. The smallest absolute Gasteiger partial charge is 0.273 e. The van der Waals surface area contributed by atoms with Crippen LogP contribution in [-0.4, -0.2) is 65.1 Å². The fraction of sp³-hybridized carbons (Fsp3) is 0.765. The molecule has 0 saturated carbocycles. The van der Waals surface area contributed by atoms with E-state index in [2.05, 4.69) is 30.8 Å². The molecular formula is C17H27N3O2S. The molecule has 1 aromatic rings. The summed E-state index contributed by atoms with van der Waals surface area (Å²) >= 11 is 1.57. The molecule has 1 aromatic heterocycles. The molecule has 2 aliphatic heterocycles. The topological polar surface area (TPSA) is 56.7 Å². The predicted octanol–water partition coefficient (Wildman–Crippen LogP) is 2.19. The van der Waals surface area contributed by atoms with Gasteiger partial charge in [0.1, 0.15) is 5.69 Å². The molecule has 0 unspecified atom stereocenters. The number of amides is 1. The number of aliphatic hydroxyl groups excluding tert-OH is 1. The Kier molecular flexibility index (Phi) is 4.76. The highest BCUT2D eigenvalue weighted by Crippen LogP contribution is 2.41. The Morgan fingerprint density at radius 1 is 1.48 bits per heavy atom. The number of carbonyl (C=O) groups excluding carboxylic acids is 1. The van der Waals surface area contributed by atoms with E-state index in [0.29, 0.717) is 18.2 Å². The first-order valence-electron chi connectivity index (χ1n) is 8.52. The normalized spacial score (nSPS) is 28.9. The number of carbonyl (C=O) groups is 1. The number of likely N-dealkylation sites (tertiary alicyclic amines) is 2. The quantitative estimate of drug-likeness (QED) is 0.918. The molecule has 2 atom stereocenters. The highest BCUT2D eigenvalue weighted by Gasteiger charge is 2.47. The van der Waals surface area contributed by atoms with Gasteiger partial charge in [0.05, 0.1) is 11.6 Å². The maximum atomic E-state index is 12.8. The van der Waals surface area contributed by atoms with Gasteiger partial charge >= 0.3 is 0 Å². The van der Waals surface area contributed by atoms with Crippen molar-refractivity contribution in [3.8, 4) is 0 Å². The second-order valence-corrected chi connectivity index (χ2v) is 8.24. The second kappa shape index (κ2) is 6.49. The third-order valence-electron chi connectivity index (χ3n) is 5.53. The summed E-state index contributed by atoms with van der Waals surface area (Å²) in [7, 11) is 2.11. The number of fused-ring (bicyclic) bond motifs is 1. The number of piperidine rings is 2. The van der Waals surface area contributed by atoms with Crippen LogP contribution < -0.4 is 0 Å². The summed E-state index contributed by atoms with van der Waals surface area (Å²) in [6, 6.07) is 0.252. The SMILES string of the molecule is CC(C)c1nc(C(=O)N2CC[C@@]3(CO)CCCN(C)[C@@H]3C2)cs1. The molecule has 2 aliphatic rings. The van der Waals surface area contributed by atoms with Gasteiger partial charge in [-0.15, -0.1) is 11.3 Å². The molecule has 3 rings (SSSR count). The van der Waals surface area contributed by atoms with Gasteiger partial charge in [-0.05, 0) is 32.9 Å². The minimum Gasteiger partial charge on any atom is -0.396 e. The molecular weight excluding hydrogens is 310 g/mol. The molecule has 1 N–H and O–H groups in total. The van der Waals surface area contributed by atoms with Crippen LogP contribution in [0.4, 0.5) is 0 Å².